The summed E-state index contributed by atoms with van der Waals surface area (Å²) in [5.41, 5.74) is 0. The molecule has 0 aromatic carbocycles. The quantitative estimate of drug-likeness (QED) is 0.414. The van der Waals surface area contributed by atoms with Crippen molar-refractivity contribution in [2.75, 3.05) is 6.26 Å². The highest BCUT2D eigenvalue weighted by molar-refractivity contribution is 9.10. The van der Waals surface area contributed by atoms with Gasteiger partial charge >= 0.3 is 0 Å². The maximum atomic E-state index is 12.6. The van der Waals surface area contributed by atoms with Crippen LogP contribution in [0.3, 0.4) is 0 Å². The molecule has 1 rings (SSSR count). The predicted octanol–water partition coefficient (Wildman–Crippen LogP) is 2.10. The predicted molar refractivity (Wildman–Crippen MR) is 41.5 cm³/mol. The van der Waals surface area contributed by atoms with Gasteiger partial charge in [0, 0.05) is 6.20 Å². The molecular formula is C5H4BrFN2S. The summed E-state index contributed by atoms with van der Waals surface area (Å²) < 4.78 is 12.9. The minimum atomic E-state index is -0.514. The summed E-state index contributed by atoms with van der Waals surface area (Å²) in [6, 6.07) is 0. The summed E-state index contributed by atoms with van der Waals surface area (Å²) in [4.78, 5) is 7.35. The summed E-state index contributed by atoms with van der Waals surface area (Å²) in [6.45, 7) is 0. The van der Waals surface area contributed by atoms with E-state index in [9.17, 15) is 4.39 Å². The fourth-order valence-electron chi connectivity index (χ4n) is 0.430. The molecule has 54 valence electrons. The van der Waals surface area contributed by atoms with Crippen LogP contribution in [0.5, 0.6) is 0 Å². The van der Waals surface area contributed by atoms with Crippen molar-refractivity contribution in [3.8, 4) is 0 Å². The van der Waals surface area contributed by atoms with Gasteiger partial charge in [-0.2, -0.15) is 9.37 Å². The Bertz CT molecular complexity index is 243. The van der Waals surface area contributed by atoms with Gasteiger partial charge in [0.25, 0.3) is 0 Å². The van der Waals surface area contributed by atoms with Crippen LogP contribution in [0, 0.1) is 5.95 Å². The third-order valence-electron chi connectivity index (χ3n) is 0.862. The zero-order chi connectivity index (χ0) is 7.56. The fourth-order valence-corrected chi connectivity index (χ4v) is 0.950. The van der Waals surface area contributed by atoms with Crippen LogP contribution in [0.2, 0.25) is 0 Å². The molecule has 0 aliphatic rings. The number of hydrogen-bond acceptors (Lipinski definition) is 3. The number of thioether (sulfide) groups is 1. The Kier molecular flexibility index (Phi) is 2.62. The molecule has 0 fully saturated rings. The van der Waals surface area contributed by atoms with Crippen molar-refractivity contribution in [2.45, 2.75) is 5.16 Å². The lowest BCUT2D eigenvalue weighted by Crippen LogP contribution is -1.89. The number of hydrogen-bond donors (Lipinski definition) is 0. The van der Waals surface area contributed by atoms with E-state index < -0.39 is 5.95 Å². The number of nitrogens with zero attached hydrogens (tertiary/aromatic N) is 2. The zero-order valence-electron chi connectivity index (χ0n) is 5.14. The van der Waals surface area contributed by atoms with Gasteiger partial charge in [0.1, 0.15) is 0 Å². The fraction of sp³-hybridized carbons (Fsp3) is 0.200. The van der Waals surface area contributed by atoms with Gasteiger partial charge in [-0.25, -0.2) is 4.98 Å². The van der Waals surface area contributed by atoms with Crippen LogP contribution in [0.1, 0.15) is 0 Å². The number of rotatable bonds is 1. The third kappa shape index (κ3) is 1.67. The molecule has 5 heteroatoms. The molecule has 0 saturated heterocycles. The summed E-state index contributed by atoms with van der Waals surface area (Å²) in [5.74, 6) is -0.514. The van der Waals surface area contributed by atoms with E-state index in [1.165, 1.54) is 18.0 Å². The van der Waals surface area contributed by atoms with Crippen molar-refractivity contribution >= 4 is 27.7 Å². The lowest BCUT2D eigenvalue weighted by molar-refractivity contribution is 0.555. The minimum absolute atomic E-state index is 0.297. The molecule has 0 unspecified atom stereocenters. The van der Waals surface area contributed by atoms with Crippen molar-refractivity contribution in [2.24, 2.45) is 0 Å². The van der Waals surface area contributed by atoms with Crippen LogP contribution in [-0.4, -0.2) is 16.2 Å². The largest absolute Gasteiger partial charge is 0.231 e. The Balaban J connectivity index is 3.04. The van der Waals surface area contributed by atoms with E-state index in [2.05, 4.69) is 25.9 Å². The van der Waals surface area contributed by atoms with Gasteiger partial charge in [0.2, 0.25) is 5.95 Å². The van der Waals surface area contributed by atoms with Gasteiger partial charge in [-0.1, -0.05) is 11.8 Å². The van der Waals surface area contributed by atoms with Crippen LogP contribution in [0.25, 0.3) is 0 Å². The lowest BCUT2D eigenvalue weighted by Gasteiger charge is -1.94. The molecule has 2 nitrogen and oxygen atoms in total. The van der Waals surface area contributed by atoms with Gasteiger partial charge in [-0.15, -0.1) is 0 Å². The molecule has 1 aromatic heterocycles. The summed E-state index contributed by atoms with van der Waals surface area (Å²) in [5, 5.41) is 0.445. The second-order valence-electron chi connectivity index (χ2n) is 1.50. The van der Waals surface area contributed by atoms with E-state index in [1.54, 1.807) is 6.26 Å². The number of aromatic nitrogens is 2. The first-order chi connectivity index (χ1) is 4.74. The first-order valence-corrected chi connectivity index (χ1v) is 4.48. The van der Waals surface area contributed by atoms with Gasteiger partial charge in [-0.05, 0) is 22.2 Å². The Hall–Kier alpha value is -0.160. The normalized spacial score (nSPS) is 9.90. The molecule has 0 aliphatic heterocycles. The second-order valence-corrected chi connectivity index (χ2v) is 3.12. The molecule has 1 heterocycles. The standard InChI is InChI=1S/C5H4BrFN2S/c1-10-5-8-2-3(6)4(7)9-5/h2H,1H3. The van der Waals surface area contributed by atoms with Gasteiger partial charge in [0.15, 0.2) is 5.16 Å². The smallest absolute Gasteiger partial charge is 0.230 e. The summed E-state index contributed by atoms with van der Waals surface area (Å²) in [6.07, 6.45) is 3.19. The molecule has 0 amide bonds. The average Bonchev–Trinajstić information content (AvgIpc) is 1.95. The van der Waals surface area contributed by atoms with Crippen LogP contribution < -0.4 is 0 Å². The lowest BCUT2D eigenvalue weighted by atomic mass is 10.7. The molecule has 0 spiro atoms. The zero-order valence-corrected chi connectivity index (χ0v) is 7.54. The maximum Gasteiger partial charge on any atom is 0.231 e. The Morgan fingerprint density at radius 2 is 2.40 bits per heavy atom. The molecular weight excluding hydrogens is 219 g/mol. The van der Waals surface area contributed by atoms with Crippen LogP contribution in [-0.2, 0) is 0 Å². The van der Waals surface area contributed by atoms with E-state index in [1.807, 2.05) is 0 Å². The van der Waals surface area contributed by atoms with E-state index in [0.717, 1.165) is 0 Å². The highest BCUT2D eigenvalue weighted by atomic mass is 79.9. The maximum absolute atomic E-state index is 12.6. The van der Waals surface area contributed by atoms with E-state index in [-0.39, 0.29) is 0 Å². The van der Waals surface area contributed by atoms with Crippen molar-refractivity contribution in [3.63, 3.8) is 0 Å². The van der Waals surface area contributed by atoms with E-state index in [4.69, 9.17) is 0 Å². The highest BCUT2D eigenvalue weighted by Crippen LogP contribution is 2.14. The SMILES string of the molecule is CSc1ncc(Br)c(F)n1. The molecule has 0 aliphatic carbocycles. The Morgan fingerprint density at radius 1 is 1.70 bits per heavy atom. The average molecular weight is 223 g/mol. The summed E-state index contributed by atoms with van der Waals surface area (Å²) in [7, 11) is 0. The molecule has 0 N–H and O–H groups in total. The first-order valence-electron chi connectivity index (χ1n) is 2.46. The third-order valence-corrected chi connectivity index (χ3v) is 1.96. The molecule has 0 atom stereocenters. The van der Waals surface area contributed by atoms with Crippen LogP contribution in [0.4, 0.5) is 4.39 Å². The first kappa shape index (κ1) is 7.94. The van der Waals surface area contributed by atoms with Crippen molar-refractivity contribution < 1.29 is 4.39 Å². The molecule has 10 heavy (non-hydrogen) atoms. The minimum Gasteiger partial charge on any atom is -0.230 e. The molecule has 0 saturated carbocycles. The topological polar surface area (TPSA) is 25.8 Å². The molecule has 1 aromatic rings. The van der Waals surface area contributed by atoms with Crippen molar-refractivity contribution in [1.29, 1.82) is 0 Å². The van der Waals surface area contributed by atoms with Gasteiger partial charge in [0.05, 0.1) is 4.47 Å². The van der Waals surface area contributed by atoms with Crippen molar-refractivity contribution in [3.05, 3.63) is 16.6 Å². The Labute approximate surface area is 70.4 Å². The summed E-state index contributed by atoms with van der Waals surface area (Å²) >= 11 is 4.26. The second kappa shape index (κ2) is 3.30. The van der Waals surface area contributed by atoms with Crippen LogP contribution in [0.15, 0.2) is 15.8 Å². The van der Waals surface area contributed by atoms with Gasteiger partial charge < -0.3 is 0 Å². The monoisotopic (exact) mass is 222 g/mol. The van der Waals surface area contributed by atoms with E-state index >= 15 is 0 Å². The van der Waals surface area contributed by atoms with Crippen molar-refractivity contribution in [1.82, 2.24) is 9.97 Å². The Morgan fingerprint density at radius 3 is 2.90 bits per heavy atom. The van der Waals surface area contributed by atoms with E-state index in [0.29, 0.717) is 9.63 Å². The van der Waals surface area contributed by atoms with Crippen LogP contribution >= 0.6 is 27.7 Å². The highest BCUT2D eigenvalue weighted by Gasteiger charge is 2.01. The molecule has 0 bridgehead atoms. The molecule has 0 radical (unpaired) electrons. The van der Waals surface area contributed by atoms with Gasteiger partial charge in [-0.3, -0.25) is 0 Å². The number of halogens is 2.